The number of aryl methyl sites for hydroxylation is 1. The van der Waals surface area contributed by atoms with E-state index in [0.717, 1.165) is 10.9 Å². The second-order valence-corrected chi connectivity index (χ2v) is 5.33. The highest BCUT2D eigenvalue weighted by Gasteiger charge is 2.15. The Labute approximate surface area is 140 Å². The lowest BCUT2D eigenvalue weighted by atomic mass is 10.1. The molecule has 0 bridgehead atoms. The van der Waals surface area contributed by atoms with Crippen molar-refractivity contribution in [2.24, 2.45) is 7.05 Å². The largest absolute Gasteiger partial charge is 0.496 e. The van der Waals surface area contributed by atoms with Crippen LogP contribution in [0.2, 0.25) is 0 Å². The maximum absolute atomic E-state index is 12.5. The van der Waals surface area contributed by atoms with Gasteiger partial charge in [-0.2, -0.15) is 5.10 Å². The summed E-state index contributed by atoms with van der Waals surface area (Å²) in [4.78, 5) is 24.3. The van der Waals surface area contributed by atoms with Gasteiger partial charge < -0.3 is 15.0 Å². The van der Waals surface area contributed by atoms with Crippen molar-refractivity contribution in [1.82, 2.24) is 20.0 Å². The van der Waals surface area contributed by atoms with Gasteiger partial charge in [0.25, 0.3) is 5.91 Å². The van der Waals surface area contributed by atoms with Crippen LogP contribution in [0.3, 0.4) is 0 Å². The lowest BCUT2D eigenvalue weighted by molar-refractivity contribution is -0.114. The predicted octanol–water partition coefficient (Wildman–Crippen LogP) is 1.82. The van der Waals surface area contributed by atoms with Gasteiger partial charge in [-0.15, -0.1) is 0 Å². The van der Waals surface area contributed by atoms with E-state index in [4.69, 9.17) is 4.74 Å². The van der Waals surface area contributed by atoms with Crippen molar-refractivity contribution in [1.29, 1.82) is 0 Å². The Bertz CT molecular complexity index is 821. The zero-order valence-electron chi connectivity index (χ0n) is 14.1. The van der Waals surface area contributed by atoms with Gasteiger partial charge in [-0.3, -0.25) is 14.3 Å². The molecule has 2 amide bonds. The van der Waals surface area contributed by atoms with Crippen LogP contribution in [0.1, 0.15) is 17.3 Å². The number of ether oxygens (including phenoxy) is 1. The number of hydrogen-bond acceptors (Lipinski definition) is 4. The number of rotatable bonds is 6. The van der Waals surface area contributed by atoms with Crippen molar-refractivity contribution in [2.75, 3.05) is 14.2 Å². The van der Waals surface area contributed by atoms with Crippen LogP contribution >= 0.6 is 0 Å². The highest BCUT2D eigenvalue weighted by atomic mass is 16.5. The topological polar surface area (TPSA) is 76.5 Å². The van der Waals surface area contributed by atoms with Gasteiger partial charge in [-0.25, -0.2) is 0 Å². The number of fused-ring (bicyclic) bond motifs is 1. The summed E-state index contributed by atoms with van der Waals surface area (Å²) in [5.74, 6) is 0.186. The summed E-state index contributed by atoms with van der Waals surface area (Å²) < 4.78 is 6.99. The Balaban J connectivity index is 2.22. The number of aromatic nitrogens is 2. The molecule has 0 aliphatic carbocycles. The van der Waals surface area contributed by atoms with Crippen molar-refractivity contribution in [3.63, 3.8) is 0 Å². The van der Waals surface area contributed by atoms with Crippen LogP contribution in [0.15, 0.2) is 42.4 Å². The first-order valence-electron chi connectivity index (χ1n) is 7.29. The lowest BCUT2D eigenvalue weighted by Gasteiger charge is -2.09. The zero-order chi connectivity index (χ0) is 17.7. The first-order valence-corrected chi connectivity index (χ1v) is 7.29. The maximum Gasteiger partial charge on any atom is 0.259 e. The molecule has 7 heteroatoms. The highest BCUT2D eigenvalue weighted by molar-refractivity contribution is 6.01. The molecule has 1 aromatic carbocycles. The zero-order valence-corrected chi connectivity index (χ0v) is 14.1. The molecule has 1 N–H and O–H groups in total. The molecule has 0 fully saturated rings. The molecular formula is C17H20N4O3. The summed E-state index contributed by atoms with van der Waals surface area (Å²) in [6, 6.07) is 3.49. The molecule has 0 saturated carbocycles. The number of carbonyl (C=O) groups is 2. The Morgan fingerprint density at radius 2 is 2.17 bits per heavy atom. The number of carbonyl (C=O) groups excluding carboxylic acids is 2. The van der Waals surface area contributed by atoms with Crippen LogP contribution in [0.25, 0.3) is 10.9 Å². The Morgan fingerprint density at radius 3 is 2.83 bits per heavy atom. The number of amides is 2. The molecule has 0 unspecified atom stereocenters. The van der Waals surface area contributed by atoms with Crippen LogP contribution in [0.5, 0.6) is 5.75 Å². The van der Waals surface area contributed by atoms with E-state index in [1.807, 2.05) is 13.2 Å². The van der Waals surface area contributed by atoms with Gasteiger partial charge in [0, 0.05) is 43.6 Å². The van der Waals surface area contributed by atoms with Crippen molar-refractivity contribution in [3.05, 3.63) is 47.9 Å². The lowest BCUT2D eigenvalue weighted by Crippen LogP contribution is -2.22. The summed E-state index contributed by atoms with van der Waals surface area (Å²) >= 11 is 0. The van der Waals surface area contributed by atoms with Crippen LogP contribution in [0.4, 0.5) is 0 Å². The van der Waals surface area contributed by atoms with Crippen molar-refractivity contribution in [3.8, 4) is 5.75 Å². The molecule has 7 nitrogen and oxygen atoms in total. The van der Waals surface area contributed by atoms with Crippen molar-refractivity contribution in [2.45, 2.75) is 6.92 Å². The van der Waals surface area contributed by atoms with Crippen LogP contribution in [-0.2, 0) is 11.8 Å². The highest BCUT2D eigenvalue weighted by Crippen LogP contribution is 2.25. The molecule has 24 heavy (non-hydrogen) atoms. The van der Waals surface area contributed by atoms with E-state index in [0.29, 0.717) is 23.4 Å². The molecule has 0 saturated heterocycles. The van der Waals surface area contributed by atoms with Gasteiger partial charge >= 0.3 is 0 Å². The summed E-state index contributed by atoms with van der Waals surface area (Å²) in [6.45, 7) is 1.76. The molecule has 0 spiro atoms. The summed E-state index contributed by atoms with van der Waals surface area (Å²) in [5.41, 5.74) is 1.83. The fraction of sp³-hybridized carbons (Fsp3) is 0.235. The standard InChI is InChI=1S/C17H20N4O3/c1-12(6-5-7-20(2)11-22)18-17(23)14-8-13-10-21(3)19-15(13)9-16(14)24-4/h5-11H,1-4H3,(H,18,23)/b7-5-,12-6+. The summed E-state index contributed by atoms with van der Waals surface area (Å²) in [7, 11) is 4.96. The third-order valence-corrected chi connectivity index (χ3v) is 3.33. The third-order valence-electron chi connectivity index (χ3n) is 3.33. The van der Waals surface area contributed by atoms with Gasteiger partial charge in [-0.05, 0) is 25.1 Å². The molecule has 126 valence electrons. The molecule has 2 rings (SSSR count). The molecule has 0 aliphatic heterocycles. The van der Waals surface area contributed by atoms with Gasteiger partial charge in [0.05, 0.1) is 18.2 Å². The second kappa shape index (κ2) is 7.45. The normalized spacial score (nSPS) is 11.8. The van der Waals surface area contributed by atoms with Crippen molar-refractivity contribution < 1.29 is 14.3 Å². The fourth-order valence-corrected chi connectivity index (χ4v) is 2.17. The minimum atomic E-state index is -0.275. The number of allylic oxidation sites excluding steroid dienone is 3. The van der Waals surface area contributed by atoms with Crippen LogP contribution < -0.4 is 10.1 Å². The predicted molar refractivity (Wildman–Crippen MR) is 91.5 cm³/mol. The molecule has 0 aliphatic rings. The SMILES string of the molecule is COc1cc2nn(C)cc2cc1C(=O)N/C(C)=C/C=C\N(C)C=O. The number of hydrogen-bond donors (Lipinski definition) is 1. The van der Waals surface area contributed by atoms with E-state index in [1.54, 1.807) is 49.1 Å². The van der Waals surface area contributed by atoms with Gasteiger partial charge in [0.15, 0.2) is 0 Å². The molecular weight excluding hydrogens is 308 g/mol. The van der Waals surface area contributed by atoms with E-state index < -0.39 is 0 Å². The Hall–Kier alpha value is -3.09. The molecule has 1 aromatic heterocycles. The smallest absolute Gasteiger partial charge is 0.259 e. The van der Waals surface area contributed by atoms with Gasteiger partial charge in [-0.1, -0.05) is 0 Å². The van der Waals surface area contributed by atoms with E-state index in [-0.39, 0.29) is 5.91 Å². The third kappa shape index (κ3) is 4.01. The number of methoxy groups -OCH3 is 1. The Morgan fingerprint density at radius 1 is 1.42 bits per heavy atom. The summed E-state index contributed by atoms with van der Waals surface area (Å²) in [5, 5.41) is 7.95. The minimum absolute atomic E-state index is 0.275. The van der Waals surface area contributed by atoms with Gasteiger partial charge in [0.1, 0.15) is 5.75 Å². The van der Waals surface area contributed by atoms with Crippen molar-refractivity contribution >= 4 is 23.2 Å². The first-order chi connectivity index (χ1) is 11.4. The first kappa shape index (κ1) is 17.3. The number of benzene rings is 1. The number of nitrogens with zero attached hydrogens (tertiary/aromatic N) is 3. The number of nitrogens with one attached hydrogen (secondary N) is 1. The molecule has 0 radical (unpaired) electrons. The van der Waals surface area contributed by atoms with E-state index >= 15 is 0 Å². The van der Waals surface area contributed by atoms with E-state index in [9.17, 15) is 9.59 Å². The molecule has 1 heterocycles. The van der Waals surface area contributed by atoms with Crippen LogP contribution in [-0.4, -0.2) is 41.2 Å². The fourth-order valence-electron chi connectivity index (χ4n) is 2.17. The average Bonchev–Trinajstić information content (AvgIpc) is 2.92. The van der Waals surface area contributed by atoms with E-state index in [2.05, 4.69) is 10.4 Å². The molecule has 0 atom stereocenters. The molecule has 2 aromatic rings. The quantitative estimate of drug-likeness (QED) is 0.648. The minimum Gasteiger partial charge on any atom is -0.496 e. The monoisotopic (exact) mass is 328 g/mol. The van der Waals surface area contributed by atoms with Crippen LogP contribution in [0, 0.1) is 0 Å². The average molecular weight is 328 g/mol. The summed E-state index contributed by atoms with van der Waals surface area (Å²) in [6.07, 6.45) is 7.49. The van der Waals surface area contributed by atoms with E-state index in [1.165, 1.54) is 12.0 Å². The maximum atomic E-state index is 12.5. The van der Waals surface area contributed by atoms with Gasteiger partial charge in [0.2, 0.25) is 6.41 Å². The Kier molecular flexibility index (Phi) is 5.36. The second-order valence-electron chi connectivity index (χ2n) is 5.33.